The minimum Gasteiger partial charge on any atom is -0.496 e. The maximum Gasteiger partial charge on any atom is 0.123 e. The Bertz CT molecular complexity index is 371. The van der Waals surface area contributed by atoms with Crippen molar-refractivity contribution in [1.82, 2.24) is 5.32 Å². The fourth-order valence-corrected chi connectivity index (χ4v) is 3.29. The number of nitrogens with one attached hydrogen (secondary N) is 1. The highest BCUT2D eigenvalue weighted by atomic mass is 16.5. The Balaban J connectivity index is 1.95. The summed E-state index contributed by atoms with van der Waals surface area (Å²) in [4.78, 5) is 0. The van der Waals surface area contributed by atoms with Crippen LogP contribution in [-0.2, 0) is 0 Å². The molecular formula is C17H27NO. The Hall–Kier alpha value is -1.02. The molecule has 0 aliphatic heterocycles. The van der Waals surface area contributed by atoms with E-state index in [1.165, 1.54) is 50.5 Å². The molecule has 1 unspecified atom stereocenters. The van der Waals surface area contributed by atoms with Gasteiger partial charge < -0.3 is 10.1 Å². The Morgan fingerprint density at radius 1 is 1.21 bits per heavy atom. The first-order valence-electron chi connectivity index (χ1n) is 7.65. The van der Waals surface area contributed by atoms with Crippen molar-refractivity contribution in [3.8, 4) is 5.75 Å². The van der Waals surface area contributed by atoms with E-state index in [0.717, 1.165) is 11.7 Å². The highest BCUT2D eigenvalue weighted by Gasteiger charge is 2.18. The van der Waals surface area contributed by atoms with Crippen LogP contribution in [0, 0.1) is 5.92 Å². The maximum atomic E-state index is 5.48. The zero-order valence-electron chi connectivity index (χ0n) is 12.3. The first kappa shape index (κ1) is 14.4. The topological polar surface area (TPSA) is 21.3 Å². The van der Waals surface area contributed by atoms with Crippen molar-refractivity contribution in [1.29, 1.82) is 0 Å². The second kappa shape index (κ2) is 7.54. The summed E-state index contributed by atoms with van der Waals surface area (Å²) in [6.07, 6.45) is 9.72. The van der Waals surface area contributed by atoms with Gasteiger partial charge in [-0.2, -0.15) is 0 Å². The monoisotopic (exact) mass is 261 g/mol. The summed E-state index contributed by atoms with van der Waals surface area (Å²) in [5.74, 6) is 1.95. The summed E-state index contributed by atoms with van der Waals surface area (Å²) < 4.78 is 5.48. The highest BCUT2D eigenvalue weighted by molar-refractivity contribution is 5.35. The molecule has 2 nitrogen and oxygen atoms in total. The number of rotatable bonds is 6. The van der Waals surface area contributed by atoms with Crippen LogP contribution in [0.2, 0.25) is 0 Å². The molecule has 1 fully saturated rings. The number of ether oxygens (including phenoxy) is 1. The number of hydrogen-bond acceptors (Lipinski definition) is 2. The quantitative estimate of drug-likeness (QED) is 0.823. The molecule has 1 aromatic rings. The number of para-hydroxylation sites is 1. The van der Waals surface area contributed by atoms with Gasteiger partial charge in [-0.25, -0.2) is 0 Å². The Kier molecular flexibility index (Phi) is 5.71. The molecule has 0 heterocycles. The lowest BCUT2D eigenvalue weighted by molar-refractivity contribution is 0.314. The minimum absolute atomic E-state index is 0.415. The van der Waals surface area contributed by atoms with Gasteiger partial charge in [-0.1, -0.05) is 50.3 Å². The van der Waals surface area contributed by atoms with E-state index in [4.69, 9.17) is 4.74 Å². The minimum atomic E-state index is 0.415. The fraction of sp³-hybridized carbons (Fsp3) is 0.647. The van der Waals surface area contributed by atoms with Crippen molar-refractivity contribution in [2.24, 2.45) is 5.92 Å². The normalized spacial score (nSPS) is 18.2. The van der Waals surface area contributed by atoms with Crippen LogP contribution in [0.25, 0.3) is 0 Å². The van der Waals surface area contributed by atoms with Gasteiger partial charge in [0.1, 0.15) is 5.75 Å². The molecule has 106 valence electrons. The first-order chi connectivity index (χ1) is 9.35. The van der Waals surface area contributed by atoms with Crippen LogP contribution in [0.1, 0.15) is 56.6 Å². The van der Waals surface area contributed by atoms with Gasteiger partial charge >= 0.3 is 0 Å². The van der Waals surface area contributed by atoms with Crippen LogP contribution >= 0.6 is 0 Å². The predicted octanol–water partition coefficient (Wildman–Crippen LogP) is 4.32. The molecule has 1 atom stereocenters. The molecule has 2 rings (SSSR count). The lowest BCUT2D eigenvalue weighted by Gasteiger charge is -2.25. The molecule has 0 spiro atoms. The molecule has 1 N–H and O–H groups in total. The lowest BCUT2D eigenvalue weighted by Crippen LogP contribution is -2.19. The highest BCUT2D eigenvalue weighted by Crippen LogP contribution is 2.32. The average Bonchev–Trinajstić information content (AvgIpc) is 2.49. The van der Waals surface area contributed by atoms with Crippen LogP contribution in [0.3, 0.4) is 0 Å². The molecule has 0 bridgehead atoms. The van der Waals surface area contributed by atoms with Crippen LogP contribution in [-0.4, -0.2) is 14.2 Å². The van der Waals surface area contributed by atoms with Gasteiger partial charge in [0.2, 0.25) is 0 Å². The van der Waals surface area contributed by atoms with Gasteiger partial charge in [0.15, 0.2) is 0 Å². The second-order valence-electron chi connectivity index (χ2n) is 5.66. The number of methoxy groups -OCH3 is 1. The van der Waals surface area contributed by atoms with E-state index in [1.54, 1.807) is 7.11 Å². The first-order valence-corrected chi connectivity index (χ1v) is 7.65. The molecule has 0 saturated heterocycles. The van der Waals surface area contributed by atoms with Crippen molar-refractivity contribution in [2.45, 2.75) is 51.0 Å². The van der Waals surface area contributed by atoms with E-state index in [9.17, 15) is 0 Å². The van der Waals surface area contributed by atoms with E-state index in [2.05, 4.69) is 30.6 Å². The van der Waals surface area contributed by atoms with Crippen LogP contribution < -0.4 is 10.1 Å². The Morgan fingerprint density at radius 3 is 2.63 bits per heavy atom. The summed E-state index contributed by atoms with van der Waals surface area (Å²) in [6.45, 7) is 0. The van der Waals surface area contributed by atoms with Crippen LogP contribution in [0.5, 0.6) is 5.75 Å². The van der Waals surface area contributed by atoms with Gasteiger partial charge in [-0.15, -0.1) is 0 Å². The van der Waals surface area contributed by atoms with E-state index in [1.807, 2.05) is 6.07 Å². The average molecular weight is 261 g/mol. The third kappa shape index (κ3) is 3.97. The van der Waals surface area contributed by atoms with Gasteiger partial charge in [0.05, 0.1) is 7.11 Å². The lowest BCUT2D eigenvalue weighted by atomic mass is 9.84. The molecule has 0 amide bonds. The Labute approximate surface area is 117 Å². The predicted molar refractivity (Wildman–Crippen MR) is 80.6 cm³/mol. The van der Waals surface area contributed by atoms with Crippen LogP contribution in [0.15, 0.2) is 24.3 Å². The Morgan fingerprint density at radius 2 is 1.95 bits per heavy atom. The smallest absolute Gasteiger partial charge is 0.123 e. The summed E-state index contributed by atoms with van der Waals surface area (Å²) >= 11 is 0. The van der Waals surface area contributed by atoms with Gasteiger partial charge in [-0.05, 0) is 31.9 Å². The van der Waals surface area contributed by atoms with Crippen molar-refractivity contribution in [3.05, 3.63) is 29.8 Å². The zero-order chi connectivity index (χ0) is 13.5. The van der Waals surface area contributed by atoms with Crippen molar-refractivity contribution in [3.63, 3.8) is 0 Å². The fourth-order valence-electron chi connectivity index (χ4n) is 3.29. The number of hydrogen-bond donors (Lipinski definition) is 1. The standard InChI is InChI=1S/C17H27NO/c1-18-16(13-12-14-8-4-3-5-9-14)15-10-6-7-11-17(15)19-2/h6-7,10-11,14,16,18H,3-5,8-9,12-13H2,1-2H3. The molecule has 1 aliphatic rings. The SMILES string of the molecule is CNC(CCC1CCCCC1)c1ccccc1OC. The molecule has 0 aromatic heterocycles. The van der Waals surface area contributed by atoms with Gasteiger partial charge in [0.25, 0.3) is 0 Å². The van der Waals surface area contributed by atoms with E-state index < -0.39 is 0 Å². The molecular weight excluding hydrogens is 234 g/mol. The summed E-state index contributed by atoms with van der Waals surface area (Å²) in [7, 11) is 3.81. The molecule has 19 heavy (non-hydrogen) atoms. The molecule has 2 heteroatoms. The third-order valence-electron chi connectivity index (χ3n) is 4.45. The third-order valence-corrected chi connectivity index (χ3v) is 4.45. The van der Waals surface area contributed by atoms with Crippen molar-refractivity contribution in [2.75, 3.05) is 14.2 Å². The van der Waals surface area contributed by atoms with Gasteiger partial charge in [-0.3, -0.25) is 0 Å². The van der Waals surface area contributed by atoms with E-state index in [0.29, 0.717) is 6.04 Å². The molecule has 1 aromatic carbocycles. The molecule has 1 aliphatic carbocycles. The molecule has 0 radical (unpaired) electrons. The number of benzene rings is 1. The van der Waals surface area contributed by atoms with E-state index >= 15 is 0 Å². The van der Waals surface area contributed by atoms with E-state index in [-0.39, 0.29) is 0 Å². The summed E-state index contributed by atoms with van der Waals surface area (Å²) in [5, 5.41) is 3.45. The van der Waals surface area contributed by atoms with Gasteiger partial charge in [0, 0.05) is 11.6 Å². The largest absolute Gasteiger partial charge is 0.496 e. The summed E-state index contributed by atoms with van der Waals surface area (Å²) in [5.41, 5.74) is 1.29. The second-order valence-corrected chi connectivity index (χ2v) is 5.66. The van der Waals surface area contributed by atoms with Crippen molar-refractivity contribution >= 4 is 0 Å². The zero-order valence-corrected chi connectivity index (χ0v) is 12.3. The molecule has 1 saturated carbocycles. The maximum absolute atomic E-state index is 5.48. The van der Waals surface area contributed by atoms with Crippen LogP contribution in [0.4, 0.5) is 0 Å². The van der Waals surface area contributed by atoms with Crippen molar-refractivity contribution < 1.29 is 4.74 Å². The summed E-state index contributed by atoms with van der Waals surface area (Å²) in [6, 6.07) is 8.79.